The Morgan fingerprint density at radius 3 is 2.37 bits per heavy atom. The Kier molecular flexibility index (Phi) is 7.26. The minimum Gasteiger partial charge on any atom is -0.384 e. The van der Waals surface area contributed by atoms with Gasteiger partial charge >= 0.3 is 0 Å². The third-order valence-electron chi connectivity index (χ3n) is 3.45. The second-order valence-corrected chi connectivity index (χ2v) is 5.05. The molecule has 0 aliphatic carbocycles. The number of anilines is 2. The summed E-state index contributed by atoms with van der Waals surface area (Å²) >= 11 is 0. The van der Waals surface area contributed by atoms with E-state index in [0.29, 0.717) is 6.04 Å². The maximum Gasteiger partial charge on any atom is 0.0547 e. The van der Waals surface area contributed by atoms with Crippen LogP contribution in [0.3, 0.4) is 0 Å². The first-order valence-corrected chi connectivity index (χ1v) is 7.30. The molecule has 1 aromatic rings. The molecular formula is C15H28N4. The van der Waals surface area contributed by atoms with Gasteiger partial charge in [0.25, 0.3) is 0 Å². The van der Waals surface area contributed by atoms with Crippen molar-refractivity contribution >= 4 is 11.4 Å². The first kappa shape index (κ1) is 15.8. The molecule has 0 saturated heterocycles. The van der Waals surface area contributed by atoms with E-state index in [-0.39, 0.29) is 0 Å². The Bertz CT molecular complexity index is 354. The van der Waals surface area contributed by atoms with Crippen molar-refractivity contribution in [2.75, 3.05) is 37.3 Å². The SMILES string of the molecule is CCCNc1cncc(NCCN(C)C(C)CC)c1. The maximum absolute atomic E-state index is 4.25. The summed E-state index contributed by atoms with van der Waals surface area (Å²) < 4.78 is 0. The molecule has 0 aliphatic rings. The molecule has 0 radical (unpaired) electrons. The van der Waals surface area contributed by atoms with Crippen LogP contribution in [0.5, 0.6) is 0 Å². The van der Waals surface area contributed by atoms with Crippen LogP contribution in [-0.4, -0.2) is 42.6 Å². The number of aromatic nitrogens is 1. The van der Waals surface area contributed by atoms with Crippen molar-refractivity contribution in [3.05, 3.63) is 18.5 Å². The molecule has 1 unspecified atom stereocenters. The Balaban J connectivity index is 2.36. The Morgan fingerprint density at radius 1 is 1.16 bits per heavy atom. The van der Waals surface area contributed by atoms with Gasteiger partial charge in [-0.1, -0.05) is 13.8 Å². The lowest BCUT2D eigenvalue weighted by atomic mass is 10.2. The topological polar surface area (TPSA) is 40.2 Å². The van der Waals surface area contributed by atoms with Crippen LogP contribution in [0.4, 0.5) is 11.4 Å². The standard InChI is InChI=1S/C15H28N4/c1-5-7-17-14-10-15(12-16-11-14)18-8-9-19(4)13(3)6-2/h10-13,17-18H,5-9H2,1-4H3. The van der Waals surface area contributed by atoms with Gasteiger partial charge < -0.3 is 15.5 Å². The monoisotopic (exact) mass is 264 g/mol. The normalized spacial score (nSPS) is 12.5. The highest BCUT2D eigenvalue weighted by Gasteiger charge is 2.05. The molecule has 0 bridgehead atoms. The molecule has 4 nitrogen and oxygen atoms in total. The number of likely N-dealkylation sites (N-methyl/N-ethyl adjacent to an activating group) is 1. The van der Waals surface area contributed by atoms with Crippen molar-refractivity contribution in [2.45, 2.75) is 39.7 Å². The van der Waals surface area contributed by atoms with Gasteiger partial charge in [0.1, 0.15) is 0 Å². The molecule has 1 aromatic heterocycles. The molecule has 0 aromatic carbocycles. The predicted octanol–water partition coefficient (Wildman–Crippen LogP) is 3.05. The molecule has 2 N–H and O–H groups in total. The van der Waals surface area contributed by atoms with Gasteiger partial charge in [0.2, 0.25) is 0 Å². The van der Waals surface area contributed by atoms with Gasteiger partial charge in [-0.05, 0) is 32.9 Å². The van der Waals surface area contributed by atoms with E-state index >= 15 is 0 Å². The van der Waals surface area contributed by atoms with E-state index in [2.05, 4.69) is 54.4 Å². The summed E-state index contributed by atoms with van der Waals surface area (Å²) in [5, 5.41) is 6.78. The van der Waals surface area contributed by atoms with Gasteiger partial charge in [-0.25, -0.2) is 0 Å². The minimum absolute atomic E-state index is 0.637. The van der Waals surface area contributed by atoms with E-state index in [9.17, 15) is 0 Å². The lowest BCUT2D eigenvalue weighted by molar-refractivity contribution is 0.261. The number of hydrogen-bond donors (Lipinski definition) is 2. The molecule has 1 heterocycles. The molecule has 1 rings (SSSR count). The highest BCUT2D eigenvalue weighted by atomic mass is 15.1. The van der Waals surface area contributed by atoms with E-state index < -0.39 is 0 Å². The number of nitrogens with one attached hydrogen (secondary N) is 2. The van der Waals surface area contributed by atoms with E-state index in [4.69, 9.17) is 0 Å². The van der Waals surface area contributed by atoms with Crippen LogP contribution in [0.25, 0.3) is 0 Å². The molecule has 108 valence electrons. The van der Waals surface area contributed by atoms with Gasteiger partial charge in [-0.3, -0.25) is 4.98 Å². The summed E-state index contributed by atoms with van der Waals surface area (Å²) in [5.41, 5.74) is 2.17. The molecule has 0 spiro atoms. The second-order valence-electron chi connectivity index (χ2n) is 5.05. The van der Waals surface area contributed by atoms with E-state index in [1.807, 2.05) is 12.4 Å². The van der Waals surface area contributed by atoms with Crippen LogP contribution in [0.2, 0.25) is 0 Å². The zero-order valence-corrected chi connectivity index (χ0v) is 12.7. The number of hydrogen-bond acceptors (Lipinski definition) is 4. The summed E-state index contributed by atoms with van der Waals surface area (Å²) in [6, 6.07) is 2.75. The summed E-state index contributed by atoms with van der Waals surface area (Å²) in [4.78, 5) is 6.62. The highest BCUT2D eigenvalue weighted by molar-refractivity contribution is 5.53. The molecule has 0 amide bonds. The fourth-order valence-electron chi connectivity index (χ4n) is 1.81. The Hall–Kier alpha value is -1.29. The van der Waals surface area contributed by atoms with Crippen LogP contribution < -0.4 is 10.6 Å². The maximum atomic E-state index is 4.25. The predicted molar refractivity (Wildman–Crippen MR) is 83.9 cm³/mol. The highest BCUT2D eigenvalue weighted by Crippen LogP contribution is 2.12. The zero-order chi connectivity index (χ0) is 14.1. The minimum atomic E-state index is 0.637. The van der Waals surface area contributed by atoms with Crippen molar-refractivity contribution in [3.63, 3.8) is 0 Å². The van der Waals surface area contributed by atoms with Crippen molar-refractivity contribution < 1.29 is 0 Å². The van der Waals surface area contributed by atoms with Gasteiger partial charge in [0.05, 0.1) is 23.8 Å². The average Bonchev–Trinajstić information content (AvgIpc) is 2.44. The smallest absolute Gasteiger partial charge is 0.0547 e. The van der Waals surface area contributed by atoms with Gasteiger partial charge in [-0.2, -0.15) is 0 Å². The largest absolute Gasteiger partial charge is 0.384 e. The first-order chi connectivity index (χ1) is 9.17. The van der Waals surface area contributed by atoms with Crippen LogP contribution in [0.15, 0.2) is 18.5 Å². The van der Waals surface area contributed by atoms with Crippen molar-refractivity contribution in [1.29, 1.82) is 0 Å². The van der Waals surface area contributed by atoms with Gasteiger partial charge in [-0.15, -0.1) is 0 Å². The second kappa shape index (κ2) is 8.75. The van der Waals surface area contributed by atoms with Crippen LogP contribution in [0.1, 0.15) is 33.6 Å². The number of rotatable bonds is 9. The van der Waals surface area contributed by atoms with Crippen LogP contribution in [-0.2, 0) is 0 Å². The Labute approximate surface area is 117 Å². The molecule has 4 heteroatoms. The van der Waals surface area contributed by atoms with Crippen LogP contribution >= 0.6 is 0 Å². The van der Waals surface area contributed by atoms with E-state index in [0.717, 1.165) is 37.4 Å². The Morgan fingerprint density at radius 2 is 1.79 bits per heavy atom. The lowest BCUT2D eigenvalue weighted by Gasteiger charge is -2.23. The quantitative estimate of drug-likeness (QED) is 0.719. The fourth-order valence-corrected chi connectivity index (χ4v) is 1.81. The van der Waals surface area contributed by atoms with Crippen molar-refractivity contribution in [3.8, 4) is 0 Å². The molecule has 0 fully saturated rings. The molecule has 19 heavy (non-hydrogen) atoms. The average molecular weight is 264 g/mol. The number of pyridine rings is 1. The van der Waals surface area contributed by atoms with E-state index in [1.54, 1.807) is 0 Å². The molecular weight excluding hydrogens is 236 g/mol. The zero-order valence-electron chi connectivity index (χ0n) is 12.7. The summed E-state index contributed by atoms with van der Waals surface area (Å²) in [5.74, 6) is 0. The third-order valence-corrected chi connectivity index (χ3v) is 3.45. The fraction of sp³-hybridized carbons (Fsp3) is 0.667. The molecule has 1 atom stereocenters. The summed E-state index contributed by atoms with van der Waals surface area (Å²) in [6.45, 7) is 9.62. The number of nitrogens with zero attached hydrogens (tertiary/aromatic N) is 2. The van der Waals surface area contributed by atoms with Crippen molar-refractivity contribution in [2.24, 2.45) is 0 Å². The third kappa shape index (κ3) is 5.92. The van der Waals surface area contributed by atoms with Gasteiger partial charge in [0.15, 0.2) is 0 Å². The van der Waals surface area contributed by atoms with Gasteiger partial charge in [0, 0.05) is 25.7 Å². The molecule has 0 saturated carbocycles. The first-order valence-electron chi connectivity index (χ1n) is 7.30. The lowest BCUT2D eigenvalue weighted by Crippen LogP contribution is -2.32. The summed E-state index contributed by atoms with van der Waals surface area (Å²) in [7, 11) is 2.17. The summed E-state index contributed by atoms with van der Waals surface area (Å²) in [6.07, 6.45) is 6.05. The van der Waals surface area contributed by atoms with Crippen LogP contribution in [0, 0.1) is 0 Å². The van der Waals surface area contributed by atoms with Crippen molar-refractivity contribution in [1.82, 2.24) is 9.88 Å². The van der Waals surface area contributed by atoms with E-state index in [1.165, 1.54) is 6.42 Å². The molecule has 0 aliphatic heterocycles.